The Balaban J connectivity index is 2.29. The lowest BCUT2D eigenvalue weighted by Crippen LogP contribution is -2.28. The first-order chi connectivity index (χ1) is 12.2. The van der Waals surface area contributed by atoms with E-state index in [0.29, 0.717) is 30.0 Å². The number of hydrogen-bond donors (Lipinski definition) is 2. The zero-order valence-corrected chi connectivity index (χ0v) is 16.2. The van der Waals surface area contributed by atoms with Crippen LogP contribution in [0.1, 0.15) is 27.0 Å². The summed E-state index contributed by atoms with van der Waals surface area (Å²) in [4.78, 5) is 12.3. The third-order valence-electron chi connectivity index (χ3n) is 3.83. The monoisotopic (exact) mass is 376 g/mol. The average molecular weight is 376 g/mol. The molecule has 0 unspecified atom stereocenters. The molecule has 0 aliphatic rings. The van der Waals surface area contributed by atoms with E-state index in [1.807, 2.05) is 19.9 Å². The van der Waals surface area contributed by atoms with Crippen molar-refractivity contribution in [1.29, 1.82) is 0 Å². The van der Waals surface area contributed by atoms with E-state index in [1.54, 1.807) is 32.2 Å². The van der Waals surface area contributed by atoms with Gasteiger partial charge in [-0.05, 0) is 61.7 Å². The van der Waals surface area contributed by atoms with Crippen LogP contribution in [0.3, 0.4) is 0 Å². The normalized spacial score (nSPS) is 11.2. The molecule has 0 aromatic heterocycles. The minimum Gasteiger partial charge on any atom is -0.383 e. The van der Waals surface area contributed by atoms with E-state index >= 15 is 0 Å². The molecule has 2 aromatic rings. The van der Waals surface area contributed by atoms with Crippen LogP contribution in [0.4, 0.5) is 5.69 Å². The third kappa shape index (κ3) is 5.06. The second kappa shape index (κ2) is 8.33. The van der Waals surface area contributed by atoms with Gasteiger partial charge in [0.25, 0.3) is 15.9 Å². The van der Waals surface area contributed by atoms with Gasteiger partial charge in [-0.25, -0.2) is 8.42 Å². The fourth-order valence-corrected chi connectivity index (χ4v) is 3.69. The number of sulfonamides is 1. The zero-order valence-electron chi connectivity index (χ0n) is 15.4. The summed E-state index contributed by atoms with van der Waals surface area (Å²) in [7, 11) is -2.25. The first-order valence-corrected chi connectivity index (χ1v) is 9.70. The molecule has 0 fully saturated rings. The molecule has 0 saturated heterocycles. The van der Waals surface area contributed by atoms with Crippen molar-refractivity contribution in [2.75, 3.05) is 25.0 Å². The minimum absolute atomic E-state index is 0.0409. The average Bonchev–Trinajstić information content (AvgIpc) is 2.53. The lowest BCUT2D eigenvalue weighted by atomic mass is 10.1. The molecular weight excluding hydrogens is 352 g/mol. The largest absolute Gasteiger partial charge is 0.383 e. The molecule has 2 N–H and O–H groups in total. The number of methoxy groups -OCH3 is 1. The molecule has 0 bridgehead atoms. The Morgan fingerprint density at radius 1 is 1.04 bits per heavy atom. The van der Waals surface area contributed by atoms with E-state index in [0.717, 1.165) is 11.1 Å². The molecular formula is C19H24N2O4S. The summed E-state index contributed by atoms with van der Waals surface area (Å²) in [6, 6.07) is 10.00. The fraction of sp³-hybridized carbons (Fsp3) is 0.316. The van der Waals surface area contributed by atoms with Gasteiger partial charge < -0.3 is 10.1 Å². The predicted octanol–water partition coefficient (Wildman–Crippen LogP) is 2.79. The molecule has 0 aliphatic heterocycles. The molecule has 0 atom stereocenters. The van der Waals surface area contributed by atoms with Crippen LogP contribution in [-0.2, 0) is 14.8 Å². The molecule has 7 heteroatoms. The topological polar surface area (TPSA) is 84.5 Å². The molecule has 0 aliphatic carbocycles. The van der Waals surface area contributed by atoms with Gasteiger partial charge >= 0.3 is 0 Å². The summed E-state index contributed by atoms with van der Waals surface area (Å²) >= 11 is 0. The molecule has 1 amide bonds. The summed E-state index contributed by atoms with van der Waals surface area (Å²) in [6.07, 6.45) is 0. The molecule has 0 radical (unpaired) electrons. The molecule has 2 aromatic carbocycles. The van der Waals surface area contributed by atoms with Crippen molar-refractivity contribution in [3.8, 4) is 0 Å². The fourth-order valence-electron chi connectivity index (χ4n) is 2.62. The maximum atomic E-state index is 12.7. The number of anilines is 1. The van der Waals surface area contributed by atoms with Crippen LogP contribution in [0, 0.1) is 20.8 Å². The molecule has 6 nitrogen and oxygen atoms in total. The summed E-state index contributed by atoms with van der Waals surface area (Å²) in [5.74, 6) is -0.331. The highest BCUT2D eigenvalue weighted by Crippen LogP contribution is 2.21. The van der Waals surface area contributed by atoms with E-state index in [9.17, 15) is 13.2 Å². The third-order valence-corrected chi connectivity index (χ3v) is 5.21. The van der Waals surface area contributed by atoms with Crippen molar-refractivity contribution < 1.29 is 17.9 Å². The maximum Gasteiger partial charge on any atom is 0.261 e. The smallest absolute Gasteiger partial charge is 0.261 e. The second-order valence-electron chi connectivity index (χ2n) is 6.21. The van der Waals surface area contributed by atoms with Crippen LogP contribution < -0.4 is 10.0 Å². The molecule has 140 valence electrons. The Morgan fingerprint density at radius 2 is 1.69 bits per heavy atom. The molecule has 0 saturated carbocycles. The van der Waals surface area contributed by atoms with Crippen LogP contribution in [0.5, 0.6) is 0 Å². The standard InChI is InChI=1S/C19H24N2O4S/c1-13-9-14(2)11-16(10-13)21-26(23,24)17-6-5-15(3)18(12-17)19(22)20-7-8-25-4/h5-6,9-12,21H,7-8H2,1-4H3,(H,20,22). The van der Waals surface area contributed by atoms with E-state index < -0.39 is 10.0 Å². The zero-order chi connectivity index (χ0) is 19.3. The van der Waals surface area contributed by atoms with Gasteiger partial charge in [-0.3, -0.25) is 9.52 Å². The summed E-state index contributed by atoms with van der Waals surface area (Å²) in [5, 5.41) is 2.70. The van der Waals surface area contributed by atoms with E-state index in [-0.39, 0.29) is 10.8 Å². The lowest BCUT2D eigenvalue weighted by Gasteiger charge is -2.12. The van der Waals surface area contributed by atoms with Crippen molar-refractivity contribution in [3.05, 3.63) is 58.7 Å². The van der Waals surface area contributed by atoms with Crippen LogP contribution >= 0.6 is 0 Å². The van der Waals surface area contributed by atoms with Crippen LogP contribution in [0.15, 0.2) is 41.3 Å². The second-order valence-corrected chi connectivity index (χ2v) is 7.89. The number of carbonyl (C=O) groups excluding carboxylic acids is 1. The highest BCUT2D eigenvalue weighted by atomic mass is 32.2. The number of amides is 1. The van der Waals surface area contributed by atoms with Crippen molar-refractivity contribution >= 4 is 21.6 Å². The highest BCUT2D eigenvalue weighted by Gasteiger charge is 2.18. The summed E-state index contributed by atoms with van der Waals surface area (Å²) in [6.45, 7) is 6.31. The first kappa shape index (κ1) is 19.9. The minimum atomic E-state index is -3.80. The number of nitrogens with one attached hydrogen (secondary N) is 2. The van der Waals surface area contributed by atoms with Gasteiger partial charge in [0.1, 0.15) is 0 Å². The Labute approximate surface area is 154 Å². The maximum absolute atomic E-state index is 12.7. The molecule has 2 rings (SSSR count). The Kier molecular flexibility index (Phi) is 6.39. The number of benzene rings is 2. The van der Waals surface area contributed by atoms with Gasteiger partial charge in [0.05, 0.1) is 11.5 Å². The predicted molar refractivity (Wildman–Crippen MR) is 102 cm³/mol. The quantitative estimate of drug-likeness (QED) is 0.728. The Hall–Kier alpha value is -2.38. The molecule has 0 spiro atoms. The van der Waals surface area contributed by atoms with Crippen molar-refractivity contribution in [2.24, 2.45) is 0 Å². The lowest BCUT2D eigenvalue weighted by molar-refractivity contribution is 0.0936. The van der Waals surface area contributed by atoms with E-state index in [2.05, 4.69) is 10.0 Å². The Bertz CT molecular complexity index is 888. The van der Waals surface area contributed by atoms with Crippen molar-refractivity contribution in [1.82, 2.24) is 5.32 Å². The first-order valence-electron chi connectivity index (χ1n) is 8.22. The van der Waals surface area contributed by atoms with Gasteiger partial charge in [0.15, 0.2) is 0 Å². The van der Waals surface area contributed by atoms with E-state index in [4.69, 9.17) is 4.74 Å². The molecule has 0 heterocycles. The molecule has 26 heavy (non-hydrogen) atoms. The van der Waals surface area contributed by atoms with Crippen molar-refractivity contribution in [3.63, 3.8) is 0 Å². The number of rotatable bonds is 7. The van der Waals surface area contributed by atoms with Gasteiger partial charge in [0.2, 0.25) is 0 Å². The van der Waals surface area contributed by atoms with Gasteiger partial charge in [0, 0.05) is 24.9 Å². The number of hydrogen-bond acceptors (Lipinski definition) is 4. The van der Waals surface area contributed by atoms with Crippen LogP contribution in [-0.4, -0.2) is 34.6 Å². The number of ether oxygens (including phenoxy) is 1. The van der Waals surface area contributed by atoms with Crippen LogP contribution in [0.25, 0.3) is 0 Å². The summed E-state index contributed by atoms with van der Waals surface area (Å²) < 4.78 is 32.9. The van der Waals surface area contributed by atoms with Gasteiger partial charge in [-0.15, -0.1) is 0 Å². The Morgan fingerprint density at radius 3 is 2.31 bits per heavy atom. The number of aryl methyl sites for hydroxylation is 3. The number of carbonyl (C=O) groups is 1. The van der Waals surface area contributed by atoms with Gasteiger partial charge in [-0.2, -0.15) is 0 Å². The van der Waals surface area contributed by atoms with Gasteiger partial charge in [-0.1, -0.05) is 12.1 Å². The van der Waals surface area contributed by atoms with E-state index in [1.165, 1.54) is 12.1 Å². The van der Waals surface area contributed by atoms with Crippen LogP contribution in [0.2, 0.25) is 0 Å². The highest BCUT2D eigenvalue weighted by molar-refractivity contribution is 7.92. The SMILES string of the molecule is COCCNC(=O)c1cc(S(=O)(=O)Nc2cc(C)cc(C)c2)ccc1C. The van der Waals surface area contributed by atoms with Crippen molar-refractivity contribution in [2.45, 2.75) is 25.7 Å². The summed E-state index contributed by atoms with van der Waals surface area (Å²) in [5.41, 5.74) is 3.44.